The van der Waals surface area contributed by atoms with Gasteiger partial charge in [0, 0.05) is 12.5 Å². The van der Waals surface area contributed by atoms with Crippen LogP contribution in [0, 0.1) is 0 Å². The highest BCUT2D eigenvalue weighted by Gasteiger charge is 2.02. The molecule has 0 amide bonds. The summed E-state index contributed by atoms with van der Waals surface area (Å²) in [7, 11) is 0. The van der Waals surface area contributed by atoms with Crippen LogP contribution >= 0.6 is 0 Å². The Morgan fingerprint density at radius 2 is 1.52 bits per heavy atom. The van der Waals surface area contributed by atoms with E-state index in [0.717, 1.165) is 23.5 Å². The molecule has 0 spiro atoms. The first-order chi connectivity index (χ1) is 13.2. The average Bonchev–Trinajstić information content (AvgIpc) is 2.70. The highest BCUT2D eigenvalue weighted by atomic mass is 16.5. The first-order valence-electron chi connectivity index (χ1n) is 8.92. The lowest BCUT2D eigenvalue weighted by molar-refractivity contribution is -0.137. The molecule has 0 aliphatic rings. The molecule has 3 aromatic rings. The van der Waals surface area contributed by atoms with E-state index in [4.69, 9.17) is 9.47 Å². The number of rotatable bonds is 8. The van der Waals surface area contributed by atoms with Gasteiger partial charge in [-0.2, -0.15) is 0 Å². The number of esters is 1. The van der Waals surface area contributed by atoms with Crippen LogP contribution in [0.1, 0.15) is 16.7 Å². The van der Waals surface area contributed by atoms with Crippen LogP contribution in [0.4, 0.5) is 0 Å². The first kappa shape index (κ1) is 18.5. The quantitative estimate of drug-likeness (QED) is 0.403. The van der Waals surface area contributed by atoms with Gasteiger partial charge in [-0.15, -0.1) is 0 Å². The Morgan fingerprint density at radius 1 is 0.815 bits per heavy atom. The van der Waals surface area contributed by atoms with Crippen molar-refractivity contribution in [3.8, 4) is 11.5 Å². The van der Waals surface area contributed by atoms with E-state index < -0.39 is 0 Å². The Bertz CT molecular complexity index is 883. The molecule has 3 nitrogen and oxygen atoms in total. The second-order valence-corrected chi connectivity index (χ2v) is 6.18. The zero-order valence-electron chi connectivity index (χ0n) is 15.1. The minimum absolute atomic E-state index is 0.364. The van der Waals surface area contributed by atoms with E-state index in [0.29, 0.717) is 13.0 Å². The molecule has 136 valence electrons. The summed E-state index contributed by atoms with van der Waals surface area (Å²) < 4.78 is 10.9. The standard InChI is InChI=1S/C24H22O3/c1-2-24(25)26-16-15-19-11-13-20(14-12-19)17-21-7-6-10-23(18-21)27-22-8-4-3-5-9-22/h2-14,18H,1,15-17H2. The number of ether oxygens (including phenoxy) is 2. The van der Waals surface area contributed by atoms with Crippen molar-refractivity contribution < 1.29 is 14.3 Å². The second kappa shape index (κ2) is 9.39. The molecule has 0 atom stereocenters. The maximum Gasteiger partial charge on any atom is 0.330 e. The number of carbonyl (C=O) groups is 1. The fourth-order valence-corrected chi connectivity index (χ4v) is 2.73. The zero-order valence-corrected chi connectivity index (χ0v) is 15.1. The lowest BCUT2D eigenvalue weighted by Crippen LogP contribution is -2.04. The predicted octanol–water partition coefficient (Wildman–Crippen LogP) is 5.34. The summed E-state index contributed by atoms with van der Waals surface area (Å²) in [5.74, 6) is 1.28. The SMILES string of the molecule is C=CC(=O)OCCc1ccc(Cc2cccc(Oc3ccccc3)c2)cc1. The molecule has 0 saturated heterocycles. The van der Waals surface area contributed by atoms with Crippen molar-refractivity contribution in [1.29, 1.82) is 0 Å². The summed E-state index contributed by atoms with van der Waals surface area (Å²) in [6, 6.07) is 26.3. The number of benzene rings is 3. The maximum absolute atomic E-state index is 11.1. The van der Waals surface area contributed by atoms with Gasteiger partial charge >= 0.3 is 5.97 Å². The van der Waals surface area contributed by atoms with Gasteiger partial charge in [-0.3, -0.25) is 0 Å². The van der Waals surface area contributed by atoms with Crippen LogP contribution < -0.4 is 4.74 Å². The molecule has 0 N–H and O–H groups in total. The van der Waals surface area contributed by atoms with Gasteiger partial charge in [0.2, 0.25) is 0 Å². The third kappa shape index (κ3) is 5.86. The zero-order chi connectivity index (χ0) is 18.9. The number of carbonyl (C=O) groups excluding carboxylic acids is 1. The molecule has 3 aromatic carbocycles. The van der Waals surface area contributed by atoms with Crippen LogP contribution in [0.2, 0.25) is 0 Å². The van der Waals surface area contributed by atoms with Gasteiger partial charge in [0.1, 0.15) is 11.5 Å². The lowest BCUT2D eigenvalue weighted by Gasteiger charge is -2.08. The van der Waals surface area contributed by atoms with Crippen molar-refractivity contribution in [3.05, 3.63) is 108 Å². The Kier molecular flexibility index (Phi) is 6.42. The molecule has 0 bridgehead atoms. The van der Waals surface area contributed by atoms with Crippen molar-refractivity contribution in [1.82, 2.24) is 0 Å². The summed E-state index contributed by atoms with van der Waals surface area (Å²) in [5, 5.41) is 0. The van der Waals surface area contributed by atoms with Crippen LogP contribution in [-0.4, -0.2) is 12.6 Å². The smallest absolute Gasteiger partial charge is 0.330 e. The minimum Gasteiger partial charge on any atom is -0.462 e. The molecule has 0 aliphatic heterocycles. The van der Waals surface area contributed by atoms with Crippen LogP contribution in [0.5, 0.6) is 11.5 Å². The molecule has 3 heteroatoms. The largest absolute Gasteiger partial charge is 0.462 e. The summed E-state index contributed by atoms with van der Waals surface area (Å²) in [5.41, 5.74) is 3.55. The molecule has 0 fully saturated rings. The monoisotopic (exact) mass is 358 g/mol. The van der Waals surface area contributed by atoms with Crippen LogP contribution in [0.3, 0.4) is 0 Å². The summed E-state index contributed by atoms with van der Waals surface area (Å²) in [6.45, 7) is 3.75. The first-order valence-corrected chi connectivity index (χ1v) is 8.92. The molecular formula is C24H22O3. The Morgan fingerprint density at radius 3 is 2.26 bits per heavy atom. The van der Waals surface area contributed by atoms with Crippen molar-refractivity contribution in [2.75, 3.05) is 6.61 Å². The van der Waals surface area contributed by atoms with Crippen molar-refractivity contribution in [3.63, 3.8) is 0 Å². The molecule has 0 radical (unpaired) electrons. The molecule has 0 saturated carbocycles. The number of para-hydroxylation sites is 1. The number of hydrogen-bond acceptors (Lipinski definition) is 3. The second-order valence-electron chi connectivity index (χ2n) is 6.18. The predicted molar refractivity (Wildman–Crippen MR) is 107 cm³/mol. The molecule has 0 aliphatic carbocycles. The normalized spacial score (nSPS) is 10.2. The van der Waals surface area contributed by atoms with E-state index in [1.54, 1.807) is 0 Å². The lowest BCUT2D eigenvalue weighted by atomic mass is 10.0. The molecule has 3 rings (SSSR count). The van der Waals surface area contributed by atoms with Gasteiger partial charge in [-0.05, 0) is 47.4 Å². The Labute approximate surface area is 159 Å². The molecule has 0 unspecified atom stereocenters. The third-order valence-corrected chi connectivity index (χ3v) is 4.11. The van der Waals surface area contributed by atoms with Gasteiger partial charge in [0.05, 0.1) is 6.61 Å². The third-order valence-electron chi connectivity index (χ3n) is 4.11. The number of hydrogen-bond donors (Lipinski definition) is 0. The topological polar surface area (TPSA) is 35.5 Å². The van der Waals surface area contributed by atoms with Crippen molar-refractivity contribution >= 4 is 5.97 Å². The van der Waals surface area contributed by atoms with Crippen LogP contribution in [0.15, 0.2) is 91.5 Å². The fraction of sp³-hybridized carbons (Fsp3) is 0.125. The fourth-order valence-electron chi connectivity index (χ4n) is 2.73. The van der Waals surface area contributed by atoms with Gasteiger partial charge in [0.25, 0.3) is 0 Å². The minimum atomic E-state index is -0.385. The highest BCUT2D eigenvalue weighted by Crippen LogP contribution is 2.23. The van der Waals surface area contributed by atoms with E-state index in [2.05, 4.69) is 43.0 Å². The van der Waals surface area contributed by atoms with Gasteiger partial charge in [-0.25, -0.2) is 4.79 Å². The summed E-state index contributed by atoms with van der Waals surface area (Å²) in [6.07, 6.45) is 2.71. The Hall–Kier alpha value is -3.33. The molecular weight excluding hydrogens is 336 g/mol. The van der Waals surface area contributed by atoms with Crippen LogP contribution in [-0.2, 0) is 22.4 Å². The molecule has 27 heavy (non-hydrogen) atoms. The average molecular weight is 358 g/mol. The molecule has 0 heterocycles. The van der Waals surface area contributed by atoms with E-state index >= 15 is 0 Å². The maximum atomic E-state index is 11.1. The van der Waals surface area contributed by atoms with E-state index in [-0.39, 0.29) is 5.97 Å². The van der Waals surface area contributed by atoms with E-state index in [9.17, 15) is 4.79 Å². The van der Waals surface area contributed by atoms with Gasteiger partial charge in [-0.1, -0.05) is 61.2 Å². The van der Waals surface area contributed by atoms with E-state index in [1.807, 2.05) is 42.5 Å². The van der Waals surface area contributed by atoms with E-state index in [1.165, 1.54) is 17.2 Å². The van der Waals surface area contributed by atoms with Crippen molar-refractivity contribution in [2.24, 2.45) is 0 Å². The highest BCUT2D eigenvalue weighted by molar-refractivity contribution is 5.81. The van der Waals surface area contributed by atoms with Crippen molar-refractivity contribution in [2.45, 2.75) is 12.8 Å². The van der Waals surface area contributed by atoms with Crippen LogP contribution in [0.25, 0.3) is 0 Å². The Balaban J connectivity index is 1.58. The van der Waals surface area contributed by atoms with Gasteiger partial charge in [0.15, 0.2) is 0 Å². The summed E-state index contributed by atoms with van der Waals surface area (Å²) in [4.78, 5) is 11.1. The van der Waals surface area contributed by atoms with Gasteiger partial charge < -0.3 is 9.47 Å². The molecule has 0 aromatic heterocycles. The summed E-state index contributed by atoms with van der Waals surface area (Å²) >= 11 is 0.